The summed E-state index contributed by atoms with van der Waals surface area (Å²) in [7, 11) is 4.10. The fraction of sp³-hybridized carbons (Fsp3) is 0.462. The van der Waals surface area contributed by atoms with Gasteiger partial charge in [-0.2, -0.15) is 0 Å². The maximum absolute atomic E-state index is 11.4. The van der Waals surface area contributed by atoms with E-state index in [-0.39, 0.29) is 5.78 Å². The van der Waals surface area contributed by atoms with Crippen LogP contribution >= 0.6 is 0 Å². The van der Waals surface area contributed by atoms with E-state index in [0.717, 1.165) is 5.56 Å². The zero-order chi connectivity index (χ0) is 11.4. The summed E-state index contributed by atoms with van der Waals surface area (Å²) in [6, 6.07) is 8.29. The van der Waals surface area contributed by atoms with Crippen molar-refractivity contribution >= 4 is 5.78 Å². The first kappa shape index (κ1) is 11.9. The molecule has 82 valence electrons. The normalized spacial score (nSPS) is 12.9. The molecule has 0 aliphatic heterocycles. The molecule has 0 saturated carbocycles. The van der Waals surface area contributed by atoms with Gasteiger partial charge in [-0.1, -0.05) is 31.2 Å². The summed E-state index contributed by atoms with van der Waals surface area (Å²) in [5.74, 6) is 0.207. The highest BCUT2D eigenvalue weighted by atomic mass is 16.1. The monoisotopic (exact) mass is 205 g/mol. The first-order valence-electron chi connectivity index (χ1n) is 5.35. The molecule has 0 radical (unpaired) electrons. The average Bonchev–Trinajstić information content (AvgIpc) is 2.27. The van der Waals surface area contributed by atoms with E-state index >= 15 is 0 Å². The molecule has 0 saturated heterocycles. The molecular formula is C13H19NO. The molecule has 0 aliphatic rings. The van der Waals surface area contributed by atoms with Crippen LogP contribution in [0.3, 0.4) is 0 Å². The van der Waals surface area contributed by atoms with E-state index in [1.165, 1.54) is 5.56 Å². The van der Waals surface area contributed by atoms with Crippen molar-refractivity contribution in [2.24, 2.45) is 0 Å². The third kappa shape index (κ3) is 2.90. The summed E-state index contributed by atoms with van der Waals surface area (Å²) in [6.07, 6.45) is 0.572. The van der Waals surface area contributed by atoms with Crippen molar-refractivity contribution in [3.05, 3.63) is 35.4 Å². The summed E-state index contributed by atoms with van der Waals surface area (Å²) >= 11 is 0. The zero-order valence-corrected chi connectivity index (χ0v) is 9.95. The van der Waals surface area contributed by atoms with Gasteiger partial charge in [-0.25, -0.2) is 0 Å². The van der Waals surface area contributed by atoms with Gasteiger partial charge < -0.3 is 4.90 Å². The highest BCUT2D eigenvalue weighted by Crippen LogP contribution is 2.18. The quantitative estimate of drug-likeness (QED) is 0.704. The lowest BCUT2D eigenvalue weighted by molar-refractivity contribution is 0.0988. The van der Waals surface area contributed by atoms with Crippen LogP contribution in [0.1, 0.15) is 42.2 Å². The van der Waals surface area contributed by atoms with Crippen LogP contribution in [0.2, 0.25) is 0 Å². The van der Waals surface area contributed by atoms with E-state index in [0.29, 0.717) is 12.5 Å². The molecule has 1 atom stereocenters. The Hall–Kier alpha value is -1.15. The topological polar surface area (TPSA) is 20.3 Å². The minimum atomic E-state index is 0.207. The van der Waals surface area contributed by atoms with Crippen LogP contribution in [0.4, 0.5) is 0 Å². The summed E-state index contributed by atoms with van der Waals surface area (Å²) in [5, 5.41) is 0. The average molecular weight is 205 g/mol. The Bertz CT molecular complexity index is 327. The van der Waals surface area contributed by atoms with E-state index in [1.807, 2.05) is 31.2 Å². The maximum Gasteiger partial charge on any atom is 0.162 e. The van der Waals surface area contributed by atoms with Crippen LogP contribution in [0, 0.1) is 0 Å². The number of hydrogen-bond donors (Lipinski definition) is 0. The summed E-state index contributed by atoms with van der Waals surface area (Å²) in [6.45, 7) is 4.04. The van der Waals surface area contributed by atoms with E-state index in [1.54, 1.807) is 0 Å². The molecule has 1 rings (SSSR count). The van der Waals surface area contributed by atoms with Gasteiger partial charge in [-0.3, -0.25) is 4.79 Å². The predicted octanol–water partition coefficient (Wildman–Crippen LogP) is 2.90. The van der Waals surface area contributed by atoms with Crippen molar-refractivity contribution in [1.29, 1.82) is 0 Å². The van der Waals surface area contributed by atoms with Crippen molar-refractivity contribution in [3.63, 3.8) is 0 Å². The molecule has 0 aliphatic carbocycles. The summed E-state index contributed by atoms with van der Waals surface area (Å²) in [4.78, 5) is 13.6. The van der Waals surface area contributed by atoms with E-state index in [2.05, 4.69) is 25.9 Å². The van der Waals surface area contributed by atoms with Crippen LogP contribution < -0.4 is 0 Å². The number of rotatable bonds is 4. The first-order chi connectivity index (χ1) is 7.06. The molecular weight excluding hydrogens is 186 g/mol. The van der Waals surface area contributed by atoms with Crippen LogP contribution in [0.5, 0.6) is 0 Å². The largest absolute Gasteiger partial charge is 0.303 e. The Morgan fingerprint density at radius 1 is 1.27 bits per heavy atom. The Labute approximate surface area is 91.9 Å². The molecule has 0 aromatic heterocycles. The fourth-order valence-electron chi connectivity index (χ4n) is 1.45. The highest BCUT2D eigenvalue weighted by molar-refractivity contribution is 5.95. The molecule has 1 aromatic carbocycles. The SMILES string of the molecule is CCC(=O)c1ccc(C(C)N(C)C)cc1. The molecule has 0 spiro atoms. The lowest BCUT2D eigenvalue weighted by Crippen LogP contribution is -2.16. The van der Waals surface area contributed by atoms with Gasteiger partial charge in [0.05, 0.1) is 0 Å². The second kappa shape index (κ2) is 5.08. The smallest absolute Gasteiger partial charge is 0.162 e. The maximum atomic E-state index is 11.4. The number of carbonyl (C=O) groups is 1. The number of hydrogen-bond acceptors (Lipinski definition) is 2. The van der Waals surface area contributed by atoms with Crippen LogP contribution in [-0.4, -0.2) is 24.8 Å². The molecule has 1 aromatic rings. The van der Waals surface area contributed by atoms with Gasteiger partial charge in [0.1, 0.15) is 0 Å². The van der Waals surface area contributed by atoms with Gasteiger partial charge in [0.25, 0.3) is 0 Å². The molecule has 1 unspecified atom stereocenters. The number of carbonyl (C=O) groups excluding carboxylic acids is 1. The molecule has 15 heavy (non-hydrogen) atoms. The lowest BCUT2D eigenvalue weighted by atomic mass is 10.0. The molecule has 0 bridgehead atoms. The second-order valence-electron chi connectivity index (χ2n) is 4.04. The molecule has 0 amide bonds. The molecule has 0 fully saturated rings. The van der Waals surface area contributed by atoms with Crippen molar-refractivity contribution < 1.29 is 4.79 Å². The predicted molar refractivity (Wildman–Crippen MR) is 63.2 cm³/mol. The van der Waals surface area contributed by atoms with Gasteiger partial charge in [-0.15, -0.1) is 0 Å². The van der Waals surface area contributed by atoms with Crippen LogP contribution in [-0.2, 0) is 0 Å². The zero-order valence-electron chi connectivity index (χ0n) is 9.95. The third-order valence-electron chi connectivity index (χ3n) is 2.81. The Morgan fingerprint density at radius 2 is 1.80 bits per heavy atom. The lowest BCUT2D eigenvalue weighted by Gasteiger charge is -2.20. The number of ketones is 1. The van der Waals surface area contributed by atoms with Gasteiger partial charge in [0.15, 0.2) is 5.78 Å². The number of nitrogens with zero attached hydrogens (tertiary/aromatic N) is 1. The fourth-order valence-corrected chi connectivity index (χ4v) is 1.45. The summed E-state index contributed by atoms with van der Waals surface area (Å²) < 4.78 is 0. The number of benzene rings is 1. The molecule has 2 nitrogen and oxygen atoms in total. The van der Waals surface area contributed by atoms with Crippen LogP contribution in [0.25, 0.3) is 0 Å². The van der Waals surface area contributed by atoms with Crippen LogP contribution in [0.15, 0.2) is 24.3 Å². The van der Waals surface area contributed by atoms with Gasteiger partial charge in [-0.05, 0) is 26.6 Å². The first-order valence-corrected chi connectivity index (χ1v) is 5.35. The van der Waals surface area contributed by atoms with Gasteiger partial charge >= 0.3 is 0 Å². The second-order valence-corrected chi connectivity index (χ2v) is 4.04. The van der Waals surface area contributed by atoms with E-state index < -0.39 is 0 Å². The standard InChI is InChI=1S/C13H19NO/c1-5-13(15)12-8-6-11(7-9-12)10(2)14(3)4/h6-10H,5H2,1-4H3. The third-order valence-corrected chi connectivity index (χ3v) is 2.81. The summed E-state index contributed by atoms with van der Waals surface area (Å²) in [5.41, 5.74) is 2.06. The van der Waals surface area contributed by atoms with E-state index in [4.69, 9.17) is 0 Å². The van der Waals surface area contributed by atoms with Crippen molar-refractivity contribution in [2.75, 3.05) is 14.1 Å². The Morgan fingerprint density at radius 3 is 2.20 bits per heavy atom. The molecule has 2 heteroatoms. The molecule has 0 N–H and O–H groups in total. The minimum absolute atomic E-state index is 0.207. The van der Waals surface area contributed by atoms with Gasteiger partial charge in [0, 0.05) is 18.0 Å². The minimum Gasteiger partial charge on any atom is -0.303 e. The molecule has 0 heterocycles. The Balaban J connectivity index is 2.85. The van der Waals surface area contributed by atoms with Crippen molar-refractivity contribution in [3.8, 4) is 0 Å². The van der Waals surface area contributed by atoms with E-state index in [9.17, 15) is 4.79 Å². The van der Waals surface area contributed by atoms with Crippen molar-refractivity contribution in [2.45, 2.75) is 26.3 Å². The Kier molecular flexibility index (Phi) is 4.04. The van der Waals surface area contributed by atoms with Gasteiger partial charge in [0.2, 0.25) is 0 Å². The highest BCUT2D eigenvalue weighted by Gasteiger charge is 2.08. The van der Waals surface area contributed by atoms with Crippen molar-refractivity contribution in [1.82, 2.24) is 4.90 Å². The number of Topliss-reactive ketones (excluding diaryl/α,β-unsaturated/α-hetero) is 1.